The molecule has 0 atom stereocenters. The first-order valence-electron chi connectivity index (χ1n) is 5.83. The summed E-state index contributed by atoms with van der Waals surface area (Å²) in [4.78, 5) is 0. The average molecular weight is 291 g/mol. The van der Waals surface area contributed by atoms with Crippen LogP contribution in [0.2, 0.25) is 10.0 Å². The van der Waals surface area contributed by atoms with Crippen molar-refractivity contribution in [2.45, 2.75) is 6.92 Å². The Labute approximate surface area is 125 Å². The van der Waals surface area contributed by atoms with Gasteiger partial charge in [-0.1, -0.05) is 90.5 Å². The minimum absolute atomic E-state index is 0.569. The summed E-state index contributed by atoms with van der Waals surface area (Å²) in [7, 11) is 0. The van der Waals surface area contributed by atoms with Gasteiger partial charge in [0.25, 0.3) is 0 Å². The molecule has 0 spiro atoms. The molecule has 0 unspecified atom stereocenters. The van der Waals surface area contributed by atoms with Crippen LogP contribution in [0.15, 0.2) is 61.7 Å². The quantitative estimate of drug-likeness (QED) is 0.604. The van der Waals surface area contributed by atoms with Crippen LogP contribution < -0.4 is 0 Å². The largest absolute Gasteiger partial charge is 0.0984 e. The summed E-state index contributed by atoms with van der Waals surface area (Å²) in [5, 5.41) is 1.14. The lowest BCUT2D eigenvalue weighted by Crippen LogP contribution is -1.73. The molecule has 0 bridgehead atoms. The average Bonchev–Trinajstić information content (AvgIpc) is 2.43. The molecule has 0 radical (unpaired) electrons. The molecule has 2 aromatic carbocycles. The molecule has 0 fully saturated rings. The van der Waals surface area contributed by atoms with Crippen molar-refractivity contribution in [3.05, 3.63) is 82.9 Å². The second kappa shape index (κ2) is 7.83. The predicted octanol–water partition coefficient (Wildman–Crippen LogP) is 6.36. The molecule has 0 amide bonds. The minimum Gasteiger partial charge on any atom is -0.0984 e. The van der Waals surface area contributed by atoms with Crippen LogP contribution in [0.5, 0.6) is 0 Å². The van der Waals surface area contributed by atoms with Crippen molar-refractivity contribution in [3.8, 4) is 0 Å². The van der Waals surface area contributed by atoms with E-state index in [1.807, 2.05) is 37.3 Å². The number of benzene rings is 2. The molecular formula is C17H16Cl2. The highest BCUT2D eigenvalue weighted by Gasteiger charge is 1.98. The van der Waals surface area contributed by atoms with Crippen molar-refractivity contribution in [3.63, 3.8) is 0 Å². The standard InChI is InChI=1S/C9H10.C8H6Cl2/c1-8(2)9-6-4-3-5-7-9;1-2-6-4-3-5-7(9)8(6)10/h3-7H,1H2,2H3;2-5H,1H2. The van der Waals surface area contributed by atoms with Crippen molar-refractivity contribution in [2.75, 3.05) is 0 Å². The summed E-state index contributed by atoms with van der Waals surface area (Å²) < 4.78 is 0. The van der Waals surface area contributed by atoms with Crippen LogP contribution >= 0.6 is 23.2 Å². The van der Waals surface area contributed by atoms with Gasteiger partial charge in [0.2, 0.25) is 0 Å². The lowest BCUT2D eigenvalue weighted by atomic mass is 10.1. The van der Waals surface area contributed by atoms with Crippen LogP contribution in [-0.2, 0) is 0 Å². The highest BCUT2D eigenvalue weighted by Crippen LogP contribution is 2.25. The van der Waals surface area contributed by atoms with Crippen LogP contribution in [0.25, 0.3) is 11.6 Å². The molecule has 0 N–H and O–H groups in total. The third-order valence-corrected chi connectivity index (χ3v) is 3.30. The highest BCUT2D eigenvalue weighted by molar-refractivity contribution is 6.42. The van der Waals surface area contributed by atoms with Gasteiger partial charge in [0.1, 0.15) is 0 Å². The van der Waals surface area contributed by atoms with Crippen LogP contribution in [0.4, 0.5) is 0 Å². The summed E-state index contributed by atoms with van der Waals surface area (Å²) in [5.74, 6) is 0. The maximum Gasteiger partial charge on any atom is 0.0664 e. The summed E-state index contributed by atoms with van der Waals surface area (Å²) in [6.07, 6.45) is 1.67. The molecule has 2 aromatic rings. The molecule has 0 saturated heterocycles. The Bertz CT molecular complexity index is 557. The van der Waals surface area contributed by atoms with Crippen molar-refractivity contribution < 1.29 is 0 Å². The van der Waals surface area contributed by atoms with Crippen LogP contribution in [0.3, 0.4) is 0 Å². The van der Waals surface area contributed by atoms with Crippen molar-refractivity contribution in [2.24, 2.45) is 0 Å². The van der Waals surface area contributed by atoms with E-state index in [1.165, 1.54) is 5.56 Å². The number of hydrogen-bond acceptors (Lipinski definition) is 0. The summed E-state index contributed by atoms with van der Waals surface area (Å²) in [6, 6.07) is 15.6. The zero-order chi connectivity index (χ0) is 14.3. The van der Waals surface area contributed by atoms with Gasteiger partial charge >= 0.3 is 0 Å². The van der Waals surface area contributed by atoms with Crippen molar-refractivity contribution in [1.82, 2.24) is 0 Å². The summed E-state index contributed by atoms with van der Waals surface area (Å²) >= 11 is 11.5. The van der Waals surface area contributed by atoms with Crippen LogP contribution in [0, 0.1) is 0 Å². The number of rotatable bonds is 2. The van der Waals surface area contributed by atoms with E-state index in [-0.39, 0.29) is 0 Å². The van der Waals surface area contributed by atoms with Gasteiger partial charge in [-0.3, -0.25) is 0 Å². The molecule has 0 aromatic heterocycles. The van der Waals surface area contributed by atoms with Crippen LogP contribution in [0.1, 0.15) is 18.1 Å². The first-order valence-corrected chi connectivity index (χ1v) is 6.59. The Kier molecular flexibility index (Phi) is 6.41. The first kappa shape index (κ1) is 15.6. The Morgan fingerprint density at radius 1 is 1.00 bits per heavy atom. The van der Waals surface area contributed by atoms with Gasteiger partial charge in [-0.05, 0) is 24.1 Å². The van der Waals surface area contributed by atoms with E-state index in [9.17, 15) is 0 Å². The number of allylic oxidation sites excluding steroid dienone is 1. The summed E-state index contributed by atoms with van der Waals surface area (Å²) in [5.41, 5.74) is 3.21. The van der Waals surface area contributed by atoms with Gasteiger partial charge < -0.3 is 0 Å². The fraction of sp³-hybridized carbons (Fsp3) is 0.0588. The van der Waals surface area contributed by atoms with E-state index in [2.05, 4.69) is 25.3 Å². The van der Waals surface area contributed by atoms with Gasteiger partial charge in [-0.25, -0.2) is 0 Å². The molecule has 0 nitrogen and oxygen atoms in total. The van der Waals surface area contributed by atoms with Gasteiger partial charge in [0, 0.05) is 0 Å². The first-order chi connectivity index (χ1) is 9.06. The maximum atomic E-state index is 5.79. The molecule has 0 saturated carbocycles. The second-order valence-corrected chi connectivity index (χ2v) is 4.78. The van der Waals surface area contributed by atoms with Gasteiger partial charge in [-0.2, -0.15) is 0 Å². The number of halogens is 2. The van der Waals surface area contributed by atoms with Gasteiger partial charge in [-0.15, -0.1) is 0 Å². The Balaban J connectivity index is 0.000000191. The zero-order valence-corrected chi connectivity index (χ0v) is 12.4. The fourth-order valence-corrected chi connectivity index (χ4v) is 1.79. The van der Waals surface area contributed by atoms with E-state index in [0.29, 0.717) is 10.0 Å². The topological polar surface area (TPSA) is 0 Å². The van der Waals surface area contributed by atoms with E-state index in [0.717, 1.165) is 11.1 Å². The Morgan fingerprint density at radius 2 is 1.63 bits per heavy atom. The summed E-state index contributed by atoms with van der Waals surface area (Å²) in [6.45, 7) is 9.42. The number of hydrogen-bond donors (Lipinski definition) is 0. The molecule has 2 heteroatoms. The molecule has 0 aliphatic rings. The monoisotopic (exact) mass is 290 g/mol. The minimum atomic E-state index is 0.569. The van der Waals surface area contributed by atoms with Gasteiger partial charge in [0.15, 0.2) is 0 Å². The fourth-order valence-electron chi connectivity index (χ4n) is 1.40. The van der Waals surface area contributed by atoms with E-state index < -0.39 is 0 Å². The Hall–Kier alpha value is -1.50. The van der Waals surface area contributed by atoms with E-state index in [4.69, 9.17) is 23.2 Å². The molecule has 2 rings (SSSR count). The van der Waals surface area contributed by atoms with E-state index in [1.54, 1.807) is 12.1 Å². The normalized spacial score (nSPS) is 9.21. The maximum absolute atomic E-state index is 5.79. The highest BCUT2D eigenvalue weighted by atomic mass is 35.5. The second-order valence-electron chi connectivity index (χ2n) is 3.99. The predicted molar refractivity (Wildman–Crippen MR) is 87.7 cm³/mol. The Morgan fingerprint density at radius 3 is 2.05 bits per heavy atom. The molecular weight excluding hydrogens is 275 g/mol. The smallest absolute Gasteiger partial charge is 0.0664 e. The third kappa shape index (κ3) is 4.94. The molecule has 0 heterocycles. The van der Waals surface area contributed by atoms with Crippen LogP contribution in [-0.4, -0.2) is 0 Å². The van der Waals surface area contributed by atoms with Crippen molar-refractivity contribution in [1.29, 1.82) is 0 Å². The lowest BCUT2D eigenvalue weighted by molar-refractivity contribution is 1.58. The lowest BCUT2D eigenvalue weighted by Gasteiger charge is -1.97. The van der Waals surface area contributed by atoms with Crippen molar-refractivity contribution >= 4 is 34.9 Å². The molecule has 0 aliphatic heterocycles. The zero-order valence-electron chi connectivity index (χ0n) is 10.9. The molecule has 98 valence electrons. The van der Waals surface area contributed by atoms with E-state index >= 15 is 0 Å². The SMILES string of the molecule is C=C(C)c1ccccc1.C=Cc1cccc(Cl)c1Cl. The van der Waals surface area contributed by atoms with Gasteiger partial charge in [0.05, 0.1) is 10.0 Å². The molecule has 0 aliphatic carbocycles. The molecule has 19 heavy (non-hydrogen) atoms. The third-order valence-electron chi connectivity index (χ3n) is 2.47.